The van der Waals surface area contributed by atoms with Crippen molar-refractivity contribution >= 4 is 12.0 Å². The van der Waals surface area contributed by atoms with Crippen molar-refractivity contribution in [1.29, 1.82) is 0 Å². The van der Waals surface area contributed by atoms with Crippen molar-refractivity contribution < 1.29 is 4.79 Å². The molecule has 0 aliphatic heterocycles. The maximum Gasteiger partial charge on any atom is 0.344 e. The second-order valence-electron chi connectivity index (χ2n) is 2.42. The van der Waals surface area contributed by atoms with E-state index in [9.17, 15) is 9.59 Å². The summed E-state index contributed by atoms with van der Waals surface area (Å²) in [5, 5.41) is 0. The van der Waals surface area contributed by atoms with Crippen LogP contribution in [-0.2, 0) is 4.79 Å². The highest BCUT2D eigenvalue weighted by Crippen LogP contribution is 1.95. The Labute approximate surface area is 74.3 Å². The van der Waals surface area contributed by atoms with E-state index in [0.29, 0.717) is 0 Å². The molecule has 0 atom stereocenters. The molecule has 0 saturated heterocycles. The smallest absolute Gasteiger partial charge is 0.344 e. The average molecular weight is 179 g/mol. The van der Waals surface area contributed by atoms with Gasteiger partial charge in [-0.25, -0.2) is 9.78 Å². The lowest BCUT2D eigenvalue weighted by Crippen LogP contribution is -2.08. The molecule has 68 valence electrons. The number of nitrogens with two attached hydrogens (primary N) is 1. The summed E-state index contributed by atoms with van der Waals surface area (Å²) >= 11 is 0. The molecule has 1 aromatic rings. The van der Waals surface area contributed by atoms with Crippen LogP contribution in [0.15, 0.2) is 23.3 Å². The second-order valence-corrected chi connectivity index (χ2v) is 2.42. The van der Waals surface area contributed by atoms with E-state index in [1.807, 2.05) is 0 Å². The summed E-state index contributed by atoms with van der Waals surface area (Å²) < 4.78 is 0. The number of amides is 1. The lowest BCUT2D eigenvalue weighted by molar-refractivity contribution is -0.117. The molecule has 5 nitrogen and oxygen atoms in total. The summed E-state index contributed by atoms with van der Waals surface area (Å²) in [4.78, 5) is 26.8. The highest BCUT2D eigenvalue weighted by molar-refractivity contribution is 5.76. The molecule has 0 spiro atoms. The van der Waals surface area contributed by atoms with Crippen molar-refractivity contribution in [2.45, 2.75) is 6.42 Å². The molecule has 0 bridgehead atoms. The summed E-state index contributed by atoms with van der Waals surface area (Å²) in [5.74, 6) is -0.395. The summed E-state index contributed by atoms with van der Waals surface area (Å²) in [5.41, 5.74) is 5.24. The molecule has 1 rings (SSSR count). The van der Waals surface area contributed by atoms with Crippen LogP contribution >= 0.6 is 0 Å². The molecule has 5 heteroatoms. The van der Waals surface area contributed by atoms with Crippen molar-refractivity contribution in [2.24, 2.45) is 5.73 Å². The SMILES string of the molecule is NC(=O)CC=Cc1cnc(=O)[nH]c1. The van der Waals surface area contributed by atoms with Gasteiger partial charge >= 0.3 is 5.69 Å². The molecule has 0 aliphatic carbocycles. The van der Waals surface area contributed by atoms with Gasteiger partial charge in [-0.05, 0) is 0 Å². The summed E-state index contributed by atoms with van der Waals surface area (Å²) in [6.45, 7) is 0. The molecular formula is C8H9N3O2. The molecule has 0 unspecified atom stereocenters. The first kappa shape index (κ1) is 9.18. The van der Waals surface area contributed by atoms with Gasteiger partial charge in [-0.1, -0.05) is 12.2 Å². The fourth-order valence-corrected chi connectivity index (χ4v) is 0.755. The van der Waals surface area contributed by atoms with Crippen LogP contribution in [0.2, 0.25) is 0 Å². The molecule has 1 heterocycles. The van der Waals surface area contributed by atoms with Crippen LogP contribution in [0.5, 0.6) is 0 Å². The van der Waals surface area contributed by atoms with Gasteiger partial charge in [0, 0.05) is 24.4 Å². The van der Waals surface area contributed by atoms with Gasteiger partial charge in [0.15, 0.2) is 0 Å². The molecule has 0 aromatic carbocycles. The van der Waals surface area contributed by atoms with Gasteiger partial charge in [0.05, 0.1) is 0 Å². The quantitative estimate of drug-likeness (QED) is 0.665. The van der Waals surface area contributed by atoms with Crippen molar-refractivity contribution in [3.63, 3.8) is 0 Å². The van der Waals surface area contributed by atoms with Crippen LogP contribution in [0.25, 0.3) is 6.08 Å². The number of rotatable bonds is 3. The Balaban J connectivity index is 2.64. The van der Waals surface area contributed by atoms with E-state index in [4.69, 9.17) is 5.73 Å². The minimum absolute atomic E-state index is 0.180. The van der Waals surface area contributed by atoms with E-state index in [2.05, 4.69) is 9.97 Å². The van der Waals surface area contributed by atoms with Gasteiger partial charge in [-0.3, -0.25) is 4.79 Å². The van der Waals surface area contributed by atoms with Crippen molar-refractivity contribution in [2.75, 3.05) is 0 Å². The zero-order chi connectivity index (χ0) is 9.68. The molecule has 0 aliphatic rings. The number of carbonyl (C=O) groups is 1. The van der Waals surface area contributed by atoms with Crippen molar-refractivity contribution in [3.05, 3.63) is 34.5 Å². The zero-order valence-electron chi connectivity index (χ0n) is 6.86. The van der Waals surface area contributed by atoms with Gasteiger partial charge < -0.3 is 10.7 Å². The van der Waals surface area contributed by atoms with E-state index < -0.39 is 11.6 Å². The maximum atomic E-state index is 10.5. The number of hydrogen-bond donors (Lipinski definition) is 2. The topological polar surface area (TPSA) is 88.8 Å². The van der Waals surface area contributed by atoms with E-state index in [1.165, 1.54) is 12.4 Å². The molecule has 1 amide bonds. The van der Waals surface area contributed by atoms with Crippen LogP contribution in [0.4, 0.5) is 0 Å². The number of primary amides is 1. The van der Waals surface area contributed by atoms with Crippen molar-refractivity contribution in [3.8, 4) is 0 Å². The third-order valence-electron chi connectivity index (χ3n) is 1.32. The fraction of sp³-hybridized carbons (Fsp3) is 0.125. The maximum absolute atomic E-state index is 10.5. The molecule has 0 fully saturated rings. The van der Waals surface area contributed by atoms with Crippen LogP contribution in [-0.4, -0.2) is 15.9 Å². The fourth-order valence-electron chi connectivity index (χ4n) is 0.755. The van der Waals surface area contributed by atoms with Crippen LogP contribution in [0.1, 0.15) is 12.0 Å². The zero-order valence-corrected chi connectivity index (χ0v) is 6.86. The highest BCUT2D eigenvalue weighted by atomic mass is 16.1. The first-order chi connectivity index (χ1) is 6.18. The first-order valence-electron chi connectivity index (χ1n) is 3.68. The minimum Gasteiger partial charge on any atom is -0.369 e. The monoisotopic (exact) mass is 179 g/mol. The van der Waals surface area contributed by atoms with E-state index in [0.717, 1.165) is 5.56 Å². The van der Waals surface area contributed by atoms with Crippen LogP contribution in [0.3, 0.4) is 0 Å². The molecular weight excluding hydrogens is 170 g/mol. The van der Waals surface area contributed by atoms with Crippen LogP contribution < -0.4 is 11.4 Å². The number of nitrogens with zero attached hydrogens (tertiary/aromatic N) is 1. The standard InChI is InChI=1S/C8H9N3O2/c9-7(12)3-1-2-6-4-10-8(13)11-5-6/h1-2,4-5H,3H2,(H2,9,12)(H,10,11,13). The Hall–Kier alpha value is -1.91. The third kappa shape index (κ3) is 3.33. The van der Waals surface area contributed by atoms with Gasteiger partial charge in [0.25, 0.3) is 0 Å². The Bertz CT molecular complexity index is 361. The van der Waals surface area contributed by atoms with E-state index in [1.54, 1.807) is 12.2 Å². The summed E-state index contributed by atoms with van der Waals surface area (Å²) in [6.07, 6.45) is 6.37. The molecule has 1 aromatic heterocycles. The van der Waals surface area contributed by atoms with Gasteiger partial charge in [0.1, 0.15) is 0 Å². The predicted octanol–water partition coefficient (Wildman–Crippen LogP) is -0.342. The lowest BCUT2D eigenvalue weighted by Gasteiger charge is -1.89. The Kier molecular flexibility index (Phi) is 2.97. The number of aromatic nitrogens is 2. The predicted molar refractivity (Wildman–Crippen MR) is 47.7 cm³/mol. The van der Waals surface area contributed by atoms with Gasteiger partial charge in [-0.15, -0.1) is 0 Å². The lowest BCUT2D eigenvalue weighted by atomic mass is 10.3. The number of nitrogens with one attached hydrogen (secondary N) is 1. The number of H-pyrrole nitrogens is 1. The Morgan fingerprint density at radius 3 is 3.00 bits per heavy atom. The number of carbonyl (C=O) groups excluding carboxylic acids is 1. The largest absolute Gasteiger partial charge is 0.369 e. The van der Waals surface area contributed by atoms with Gasteiger partial charge in [-0.2, -0.15) is 0 Å². The number of hydrogen-bond acceptors (Lipinski definition) is 3. The third-order valence-corrected chi connectivity index (χ3v) is 1.32. The van der Waals surface area contributed by atoms with Crippen molar-refractivity contribution in [1.82, 2.24) is 9.97 Å². The van der Waals surface area contributed by atoms with Gasteiger partial charge in [0.2, 0.25) is 5.91 Å². The van der Waals surface area contributed by atoms with E-state index in [-0.39, 0.29) is 6.42 Å². The number of aromatic amines is 1. The molecule has 13 heavy (non-hydrogen) atoms. The molecule has 0 radical (unpaired) electrons. The minimum atomic E-state index is -0.396. The molecule has 3 N–H and O–H groups in total. The average Bonchev–Trinajstić information content (AvgIpc) is 2.08. The normalized spacial score (nSPS) is 10.5. The highest BCUT2D eigenvalue weighted by Gasteiger charge is 1.89. The summed E-state index contributed by atoms with van der Waals surface area (Å²) in [6, 6.07) is 0. The summed E-state index contributed by atoms with van der Waals surface area (Å²) in [7, 11) is 0. The first-order valence-corrected chi connectivity index (χ1v) is 3.68. The Morgan fingerprint density at radius 1 is 1.69 bits per heavy atom. The van der Waals surface area contributed by atoms with Crippen LogP contribution in [0, 0.1) is 0 Å². The second kappa shape index (κ2) is 4.20. The van der Waals surface area contributed by atoms with E-state index >= 15 is 0 Å². The molecule has 0 saturated carbocycles. The Morgan fingerprint density at radius 2 is 2.46 bits per heavy atom.